The van der Waals surface area contributed by atoms with Crippen molar-refractivity contribution in [2.24, 2.45) is 5.92 Å². The number of carbonyl (C=O) groups excluding carboxylic acids is 1. The van der Waals surface area contributed by atoms with E-state index in [1.807, 2.05) is 0 Å². The number of nitro benzene ring substituents is 1. The Hall–Kier alpha value is -1.70. The van der Waals surface area contributed by atoms with Gasteiger partial charge in [-0.15, -0.1) is 0 Å². The topological polar surface area (TPSA) is 93.5 Å². The molecule has 108 valence electrons. The highest BCUT2D eigenvalue weighted by atomic mass is 35.5. The van der Waals surface area contributed by atoms with E-state index in [1.54, 1.807) is 7.05 Å². The minimum atomic E-state index is -0.563. The second-order valence-electron chi connectivity index (χ2n) is 4.45. The number of nitrogens with zero attached hydrogens (tertiary/aromatic N) is 1. The molecule has 0 radical (unpaired) electrons. The maximum absolute atomic E-state index is 12.2. The number of hydrogen-bond donors (Lipinski definition) is 2. The van der Waals surface area contributed by atoms with E-state index in [0.29, 0.717) is 11.6 Å². The van der Waals surface area contributed by atoms with Crippen molar-refractivity contribution >= 4 is 28.9 Å². The van der Waals surface area contributed by atoms with Gasteiger partial charge >= 0.3 is 0 Å². The first-order valence-electron chi connectivity index (χ1n) is 6.02. The third-order valence-corrected chi connectivity index (χ3v) is 3.44. The number of nitro groups is 1. The van der Waals surface area contributed by atoms with Gasteiger partial charge in [0, 0.05) is 17.1 Å². The molecule has 1 aliphatic rings. The molecule has 1 fully saturated rings. The van der Waals surface area contributed by atoms with Crippen LogP contribution in [0, 0.1) is 16.0 Å². The van der Waals surface area contributed by atoms with Crippen LogP contribution in [0.5, 0.6) is 0 Å². The van der Waals surface area contributed by atoms with Gasteiger partial charge in [-0.25, -0.2) is 0 Å². The summed E-state index contributed by atoms with van der Waals surface area (Å²) in [5.41, 5.74) is -0.100. The van der Waals surface area contributed by atoms with Crippen molar-refractivity contribution in [2.75, 3.05) is 25.6 Å². The fraction of sp³-hybridized carbons (Fsp3) is 0.417. The van der Waals surface area contributed by atoms with Crippen molar-refractivity contribution in [3.63, 3.8) is 0 Å². The highest BCUT2D eigenvalue weighted by molar-refractivity contribution is 6.31. The molecular weight excluding hydrogens is 286 g/mol. The molecule has 2 N–H and O–H groups in total. The molecule has 0 aliphatic carbocycles. The molecule has 2 rings (SSSR count). The Morgan fingerprint density at radius 3 is 2.90 bits per heavy atom. The molecule has 0 bridgehead atoms. The Kier molecular flexibility index (Phi) is 4.53. The van der Waals surface area contributed by atoms with Crippen molar-refractivity contribution in [1.82, 2.24) is 5.32 Å². The molecule has 0 aromatic heterocycles. The van der Waals surface area contributed by atoms with Gasteiger partial charge in [0.05, 0.1) is 24.1 Å². The maximum atomic E-state index is 12.2. The summed E-state index contributed by atoms with van der Waals surface area (Å²) in [6.07, 6.45) is 0. The van der Waals surface area contributed by atoms with Gasteiger partial charge in [-0.2, -0.15) is 0 Å². The van der Waals surface area contributed by atoms with Gasteiger partial charge in [0.25, 0.3) is 5.69 Å². The van der Waals surface area contributed by atoms with Crippen LogP contribution in [0.15, 0.2) is 18.2 Å². The number of nitrogens with one attached hydrogen (secondary N) is 2. The van der Waals surface area contributed by atoms with E-state index in [0.717, 1.165) is 0 Å². The number of hydrogen-bond acceptors (Lipinski definition) is 5. The van der Waals surface area contributed by atoms with Crippen LogP contribution in [0.2, 0.25) is 5.02 Å². The molecule has 0 saturated carbocycles. The van der Waals surface area contributed by atoms with E-state index < -0.39 is 10.8 Å². The summed E-state index contributed by atoms with van der Waals surface area (Å²) in [4.78, 5) is 22.5. The van der Waals surface area contributed by atoms with Gasteiger partial charge in [0.2, 0.25) is 5.91 Å². The Morgan fingerprint density at radius 2 is 2.25 bits per heavy atom. The van der Waals surface area contributed by atoms with Crippen molar-refractivity contribution in [3.8, 4) is 0 Å². The van der Waals surface area contributed by atoms with Crippen molar-refractivity contribution in [3.05, 3.63) is 33.3 Å². The third kappa shape index (κ3) is 3.06. The van der Waals surface area contributed by atoms with Crippen LogP contribution in [0.1, 0.15) is 0 Å². The van der Waals surface area contributed by atoms with Crippen molar-refractivity contribution in [1.29, 1.82) is 0 Å². The molecule has 1 aliphatic heterocycles. The summed E-state index contributed by atoms with van der Waals surface area (Å²) >= 11 is 5.81. The normalized spacial score (nSPS) is 21.7. The van der Waals surface area contributed by atoms with Crippen LogP contribution in [-0.4, -0.2) is 37.1 Å². The molecule has 1 aromatic carbocycles. The molecule has 7 nitrogen and oxygen atoms in total. The predicted octanol–water partition coefficient (Wildman–Crippen LogP) is 1.42. The van der Waals surface area contributed by atoms with Gasteiger partial charge < -0.3 is 15.4 Å². The number of anilines is 1. The third-order valence-electron chi connectivity index (χ3n) is 3.20. The molecule has 2 atom stereocenters. The highest BCUT2D eigenvalue weighted by Gasteiger charge is 2.33. The monoisotopic (exact) mass is 299 g/mol. The summed E-state index contributed by atoms with van der Waals surface area (Å²) in [6, 6.07) is 3.93. The average Bonchev–Trinajstić information content (AvgIpc) is 2.86. The fourth-order valence-corrected chi connectivity index (χ4v) is 2.26. The molecule has 1 amide bonds. The zero-order valence-electron chi connectivity index (χ0n) is 10.8. The van der Waals surface area contributed by atoms with Gasteiger partial charge in [-0.1, -0.05) is 11.6 Å². The van der Waals surface area contributed by atoms with E-state index in [9.17, 15) is 14.9 Å². The standard InChI is InChI=1S/C12H14ClN3O4/c1-14-10-6-20-5-8(10)12(17)15-9-4-7(13)2-3-11(9)16(18)19/h2-4,8,10,14H,5-6H2,1H3,(H,15,17). The van der Waals surface area contributed by atoms with Crippen LogP contribution in [0.25, 0.3) is 0 Å². The highest BCUT2D eigenvalue weighted by Crippen LogP contribution is 2.28. The first-order chi connectivity index (χ1) is 9.52. The number of carbonyl (C=O) groups is 1. The van der Waals surface area contributed by atoms with Gasteiger partial charge in [-0.3, -0.25) is 14.9 Å². The molecule has 1 aromatic rings. The molecule has 8 heteroatoms. The molecule has 2 unspecified atom stereocenters. The Labute approximate surface area is 120 Å². The lowest BCUT2D eigenvalue weighted by Gasteiger charge is -2.16. The first-order valence-corrected chi connectivity index (χ1v) is 6.40. The maximum Gasteiger partial charge on any atom is 0.292 e. The SMILES string of the molecule is CNC1COCC1C(=O)Nc1cc(Cl)ccc1[N+](=O)[O-]. The Bertz CT molecular complexity index is 537. The summed E-state index contributed by atoms with van der Waals surface area (Å²) in [5.74, 6) is -0.717. The van der Waals surface area contributed by atoms with Gasteiger partial charge in [0.15, 0.2) is 0 Å². The number of amides is 1. The van der Waals surface area contributed by atoms with E-state index in [-0.39, 0.29) is 29.9 Å². The second-order valence-corrected chi connectivity index (χ2v) is 4.88. The second kappa shape index (κ2) is 6.17. The van der Waals surface area contributed by atoms with Crippen molar-refractivity contribution in [2.45, 2.75) is 6.04 Å². The Balaban J connectivity index is 2.19. The number of ether oxygens (including phenoxy) is 1. The predicted molar refractivity (Wildman–Crippen MR) is 73.9 cm³/mol. The molecule has 1 saturated heterocycles. The van der Waals surface area contributed by atoms with Gasteiger partial charge in [-0.05, 0) is 19.2 Å². The minimum absolute atomic E-state index is 0.0919. The summed E-state index contributed by atoms with van der Waals surface area (Å²) in [7, 11) is 1.74. The lowest BCUT2D eigenvalue weighted by atomic mass is 10.0. The number of likely N-dealkylation sites (N-methyl/N-ethyl adjacent to an activating group) is 1. The van der Waals surface area contributed by atoms with E-state index in [4.69, 9.17) is 16.3 Å². The minimum Gasteiger partial charge on any atom is -0.379 e. The number of rotatable bonds is 4. The van der Waals surface area contributed by atoms with Crippen LogP contribution in [0.4, 0.5) is 11.4 Å². The van der Waals surface area contributed by atoms with E-state index >= 15 is 0 Å². The molecule has 20 heavy (non-hydrogen) atoms. The molecule has 0 spiro atoms. The summed E-state index contributed by atoms with van der Waals surface area (Å²) < 4.78 is 5.24. The summed E-state index contributed by atoms with van der Waals surface area (Å²) in [5, 5.41) is 16.8. The zero-order chi connectivity index (χ0) is 14.7. The number of halogens is 1. The molecular formula is C12H14ClN3O4. The Morgan fingerprint density at radius 1 is 1.50 bits per heavy atom. The van der Waals surface area contributed by atoms with E-state index in [2.05, 4.69) is 10.6 Å². The van der Waals surface area contributed by atoms with Crippen LogP contribution >= 0.6 is 11.6 Å². The number of benzene rings is 1. The van der Waals surface area contributed by atoms with Crippen LogP contribution in [-0.2, 0) is 9.53 Å². The molecule has 1 heterocycles. The smallest absolute Gasteiger partial charge is 0.292 e. The zero-order valence-corrected chi connectivity index (χ0v) is 11.5. The lowest BCUT2D eigenvalue weighted by Crippen LogP contribution is -2.39. The van der Waals surface area contributed by atoms with Gasteiger partial charge in [0.1, 0.15) is 5.69 Å². The van der Waals surface area contributed by atoms with Crippen LogP contribution < -0.4 is 10.6 Å². The van der Waals surface area contributed by atoms with Crippen molar-refractivity contribution < 1.29 is 14.5 Å². The van der Waals surface area contributed by atoms with E-state index in [1.165, 1.54) is 18.2 Å². The largest absolute Gasteiger partial charge is 0.379 e. The average molecular weight is 300 g/mol. The van der Waals surface area contributed by atoms with Crippen LogP contribution in [0.3, 0.4) is 0 Å². The fourth-order valence-electron chi connectivity index (χ4n) is 2.09. The quantitative estimate of drug-likeness (QED) is 0.648. The lowest BCUT2D eigenvalue weighted by molar-refractivity contribution is -0.383. The summed E-state index contributed by atoms with van der Waals surface area (Å²) in [6.45, 7) is 0.720. The first kappa shape index (κ1) is 14.7.